The molecule has 0 fully saturated rings. The van der Waals surface area contributed by atoms with Crippen LogP contribution in [0, 0.1) is 40.4 Å². The van der Waals surface area contributed by atoms with Crippen LogP contribution in [0.15, 0.2) is 5.38 Å². The molecule has 2 amide bonds. The van der Waals surface area contributed by atoms with Crippen LogP contribution in [0.1, 0.15) is 90.0 Å². The Morgan fingerprint density at radius 3 is 1.46 bits per heavy atom. The molecular formula is C44H62ClNO10S3. The number of hydrogen-bond donors (Lipinski definition) is 0. The van der Waals surface area contributed by atoms with E-state index in [-0.39, 0.29) is 44.1 Å². The summed E-state index contributed by atoms with van der Waals surface area (Å²) >= 11 is 11.1. The summed E-state index contributed by atoms with van der Waals surface area (Å²) in [5.41, 5.74) is -0.473. The van der Waals surface area contributed by atoms with Gasteiger partial charge in [0.05, 0.1) is 67.9 Å². The van der Waals surface area contributed by atoms with Gasteiger partial charge < -0.3 is 37.9 Å². The molecule has 15 heteroatoms. The Morgan fingerprint density at radius 1 is 0.576 bits per heavy atom. The summed E-state index contributed by atoms with van der Waals surface area (Å²) in [6.07, 6.45) is 0. The Morgan fingerprint density at radius 2 is 1.00 bits per heavy atom. The number of halogens is 1. The number of hydrogen-bond acceptors (Lipinski definition) is 13. The van der Waals surface area contributed by atoms with E-state index < -0.39 is 10.8 Å². The standard InChI is InChI=1S/C44H62ClNO10S3/c1-25(2)11-46-41(47)31-32(42(46)48)37(39-34-35(40(45)59-39)56-24-44(23-55-34,19-51-14-28(7)8)20-52-15-29(9)10)58-36(31)38-33-30(16-57-38)53-21-43(22-54-33,17-49-12-26(3)4)18-50-13-27(5)6/h16,25-29H,11-15,17-24H2,1-10H3. The van der Waals surface area contributed by atoms with Gasteiger partial charge in [0.1, 0.15) is 30.8 Å². The van der Waals surface area contributed by atoms with Gasteiger partial charge in [-0.3, -0.25) is 14.5 Å². The molecule has 6 heterocycles. The molecule has 0 spiro atoms. The highest BCUT2D eigenvalue weighted by Gasteiger charge is 2.46. The smallest absolute Gasteiger partial charge is 0.263 e. The van der Waals surface area contributed by atoms with Gasteiger partial charge in [-0.25, -0.2) is 0 Å². The molecule has 59 heavy (non-hydrogen) atoms. The number of imide groups is 1. The molecule has 6 rings (SSSR count). The number of thiophene rings is 3. The molecule has 0 unspecified atom stereocenters. The van der Waals surface area contributed by atoms with Crippen molar-refractivity contribution in [3.8, 4) is 42.5 Å². The molecule has 0 radical (unpaired) electrons. The molecule has 0 N–H and O–H groups in total. The molecule has 11 nitrogen and oxygen atoms in total. The van der Waals surface area contributed by atoms with Crippen molar-refractivity contribution in [3.63, 3.8) is 0 Å². The summed E-state index contributed by atoms with van der Waals surface area (Å²) in [6, 6.07) is 0. The van der Waals surface area contributed by atoms with Gasteiger partial charge in [-0.15, -0.1) is 34.0 Å². The minimum Gasteiger partial charge on any atom is -0.488 e. The van der Waals surface area contributed by atoms with Crippen LogP contribution in [0.2, 0.25) is 4.34 Å². The fourth-order valence-corrected chi connectivity index (χ4v) is 10.8. The quantitative estimate of drug-likeness (QED) is 0.102. The third-order valence-electron chi connectivity index (χ3n) is 9.82. The maximum Gasteiger partial charge on any atom is 0.263 e. The lowest BCUT2D eigenvalue weighted by Crippen LogP contribution is -2.43. The van der Waals surface area contributed by atoms with Crippen molar-refractivity contribution in [2.24, 2.45) is 40.4 Å². The maximum atomic E-state index is 14.4. The van der Waals surface area contributed by atoms with Crippen molar-refractivity contribution >= 4 is 57.4 Å². The predicted octanol–water partition coefficient (Wildman–Crippen LogP) is 10.3. The summed E-state index contributed by atoms with van der Waals surface area (Å²) in [7, 11) is 0. The van der Waals surface area contributed by atoms with Gasteiger partial charge in [-0.05, 0) is 29.6 Å². The molecule has 3 aliphatic heterocycles. The van der Waals surface area contributed by atoms with Crippen LogP contribution in [-0.2, 0) is 18.9 Å². The largest absolute Gasteiger partial charge is 0.488 e. The summed E-state index contributed by atoms with van der Waals surface area (Å²) < 4.78 is 51.5. The Balaban J connectivity index is 1.38. The first-order valence-electron chi connectivity index (χ1n) is 20.8. The Hall–Kier alpha value is -2.43. The first kappa shape index (κ1) is 46.1. The second kappa shape index (κ2) is 19.7. The molecule has 0 aliphatic carbocycles. The molecule has 3 aliphatic rings. The van der Waals surface area contributed by atoms with E-state index in [2.05, 4.69) is 55.4 Å². The molecule has 3 aromatic heterocycles. The van der Waals surface area contributed by atoms with Crippen molar-refractivity contribution in [2.75, 3.05) is 85.8 Å². The summed E-state index contributed by atoms with van der Waals surface area (Å²) in [4.78, 5) is 32.8. The molecule has 0 saturated heterocycles. The zero-order valence-electron chi connectivity index (χ0n) is 36.3. The lowest BCUT2D eigenvalue weighted by molar-refractivity contribution is -0.0674. The Labute approximate surface area is 366 Å². The van der Waals surface area contributed by atoms with Crippen LogP contribution >= 0.6 is 45.6 Å². The molecule has 0 bridgehead atoms. The van der Waals surface area contributed by atoms with E-state index in [4.69, 9.17) is 49.5 Å². The number of nitrogens with zero attached hydrogens (tertiary/aromatic N) is 1. The molecule has 0 atom stereocenters. The highest BCUT2D eigenvalue weighted by molar-refractivity contribution is 7.28. The average Bonchev–Trinajstić information content (AvgIpc) is 3.82. The monoisotopic (exact) mass is 895 g/mol. The van der Waals surface area contributed by atoms with Crippen LogP contribution in [0.4, 0.5) is 0 Å². The maximum absolute atomic E-state index is 14.4. The highest BCUT2D eigenvalue weighted by atomic mass is 35.5. The molecule has 328 valence electrons. The third-order valence-corrected chi connectivity index (χ3v) is 13.6. The third kappa shape index (κ3) is 10.6. The second-order valence-electron chi connectivity index (χ2n) is 18.5. The lowest BCUT2D eigenvalue weighted by Gasteiger charge is -2.31. The molecular weight excluding hydrogens is 834 g/mol. The van der Waals surface area contributed by atoms with Crippen molar-refractivity contribution in [1.82, 2.24) is 4.90 Å². The number of ether oxygens (including phenoxy) is 8. The Kier molecular flexibility index (Phi) is 15.4. The van der Waals surface area contributed by atoms with E-state index in [1.807, 2.05) is 19.2 Å². The second-order valence-corrected chi connectivity index (χ2v) is 22.1. The van der Waals surface area contributed by atoms with Gasteiger partial charge in [-0.2, -0.15) is 0 Å². The van der Waals surface area contributed by atoms with E-state index in [0.29, 0.717) is 136 Å². The zero-order valence-corrected chi connectivity index (χ0v) is 39.5. The number of fused-ring (bicyclic) bond motifs is 3. The summed E-state index contributed by atoms with van der Waals surface area (Å²) in [5, 5.41) is 1.91. The van der Waals surface area contributed by atoms with Gasteiger partial charge in [0.2, 0.25) is 0 Å². The van der Waals surface area contributed by atoms with E-state index in [1.54, 1.807) is 0 Å². The Bertz CT molecular complexity index is 1890. The molecule has 0 saturated carbocycles. The van der Waals surface area contributed by atoms with E-state index in [1.165, 1.54) is 38.9 Å². The van der Waals surface area contributed by atoms with Gasteiger partial charge in [0.15, 0.2) is 23.0 Å². The first-order valence-corrected chi connectivity index (χ1v) is 23.7. The lowest BCUT2D eigenvalue weighted by atomic mass is 9.92. The van der Waals surface area contributed by atoms with Crippen LogP contribution in [0.3, 0.4) is 0 Å². The SMILES string of the molecule is CC(C)COCC1(COCC(C)C)COc2csc(-c3sc(-c4sc(Cl)c5c4OCC(COCC(C)C)(COCC(C)C)CO5)c4c3C(=O)N(CC(C)C)C4=O)c2OC1. The predicted molar refractivity (Wildman–Crippen MR) is 236 cm³/mol. The fourth-order valence-electron chi connectivity index (χ4n) is 7.01. The van der Waals surface area contributed by atoms with Crippen LogP contribution in [0.5, 0.6) is 23.0 Å². The van der Waals surface area contributed by atoms with E-state index in [9.17, 15) is 9.59 Å². The van der Waals surface area contributed by atoms with E-state index >= 15 is 0 Å². The van der Waals surface area contributed by atoms with Crippen LogP contribution in [-0.4, -0.2) is 103 Å². The van der Waals surface area contributed by atoms with Crippen molar-refractivity contribution < 1.29 is 47.5 Å². The number of carbonyl (C=O) groups excluding carboxylic acids is 2. The molecule has 3 aromatic rings. The van der Waals surface area contributed by atoms with Crippen molar-refractivity contribution in [2.45, 2.75) is 69.2 Å². The number of amides is 2. The summed E-state index contributed by atoms with van der Waals surface area (Å²) in [5.74, 6) is 2.83. The van der Waals surface area contributed by atoms with Gasteiger partial charge in [-0.1, -0.05) is 80.8 Å². The average molecular weight is 897 g/mol. The van der Waals surface area contributed by atoms with Crippen LogP contribution in [0.25, 0.3) is 19.5 Å². The highest BCUT2D eigenvalue weighted by Crippen LogP contribution is 2.59. The fraction of sp³-hybridized carbons (Fsp3) is 0.682. The van der Waals surface area contributed by atoms with E-state index in [0.717, 1.165) is 4.88 Å². The van der Waals surface area contributed by atoms with Gasteiger partial charge in [0, 0.05) is 38.4 Å². The minimum absolute atomic E-state index is 0.0642. The van der Waals surface area contributed by atoms with Crippen LogP contribution < -0.4 is 18.9 Å². The molecule has 0 aromatic carbocycles. The zero-order chi connectivity index (χ0) is 42.6. The minimum atomic E-state index is -0.607. The number of rotatable bonds is 20. The van der Waals surface area contributed by atoms with Crippen molar-refractivity contribution in [1.29, 1.82) is 0 Å². The normalized spacial score (nSPS) is 17.3. The first-order chi connectivity index (χ1) is 28.0. The topological polar surface area (TPSA) is 111 Å². The van der Waals surface area contributed by atoms with Crippen molar-refractivity contribution in [3.05, 3.63) is 20.8 Å². The number of carbonyl (C=O) groups is 2. The van der Waals surface area contributed by atoms with Gasteiger partial charge in [0.25, 0.3) is 11.8 Å². The van der Waals surface area contributed by atoms with Gasteiger partial charge >= 0.3 is 0 Å². The summed E-state index contributed by atoms with van der Waals surface area (Å²) in [6.45, 7) is 26.3.